The van der Waals surface area contributed by atoms with E-state index >= 15 is 0 Å². The third-order valence-corrected chi connectivity index (χ3v) is 4.82. The van der Waals surface area contributed by atoms with E-state index in [4.69, 9.17) is 0 Å². The molecule has 1 aliphatic heterocycles. The summed E-state index contributed by atoms with van der Waals surface area (Å²) in [5, 5.41) is 2.86. The largest absolute Gasteiger partial charge is 0.367 e. The second-order valence-electron chi connectivity index (χ2n) is 6.41. The van der Waals surface area contributed by atoms with Crippen LogP contribution in [-0.4, -0.2) is 51.2 Å². The Labute approximate surface area is 153 Å². The highest BCUT2D eigenvalue weighted by Crippen LogP contribution is 2.29. The molecule has 2 atom stereocenters. The fourth-order valence-corrected chi connectivity index (χ4v) is 3.33. The van der Waals surface area contributed by atoms with Crippen molar-refractivity contribution in [3.8, 4) is 0 Å². The number of aromatic nitrogens is 1. The van der Waals surface area contributed by atoms with Gasteiger partial charge in [0.15, 0.2) is 5.82 Å². The number of hydrogen-bond acceptors (Lipinski definition) is 5. The first-order chi connectivity index (χ1) is 11.2. The molecule has 1 saturated heterocycles. The molecule has 0 aromatic carbocycles. The highest BCUT2D eigenvalue weighted by molar-refractivity contribution is 7.88. The molecule has 0 saturated carbocycles. The second-order valence-corrected chi connectivity index (χ2v) is 8.24. The zero-order valence-electron chi connectivity index (χ0n) is 14.4. The molecule has 1 aromatic rings. The third-order valence-electron chi connectivity index (χ3n) is 4.15. The van der Waals surface area contributed by atoms with Gasteiger partial charge in [-0.2, -0.15) is 0 Å². The van der Waals surface area contributed by atoms with Crippen molar-refractivity contribution in [3.05, 3.63) is 24.3 Å². The van der Waals surface area contributed by atoms with Crippen LogP contribution < -0.4 is 14.9 Å². The lowest BCUT2D eigenvalue weighted by Crippen LogP contribution is -2.46. The molecule has 1 aromatic heterocycles. The lowest BCUT2D eigenvalue weighted by Gasteiger charge is -2.22. The molecule has 2 rings (SSSR count). The van der Waals surface area contributed by atoms with Crippen LogP contribution in [0, 0.1) is 17.7 Å². The number of anilines is 1. The van der Waals surface area contributed by atoms with Crippen molar-refractivity contribution >= 4 is 34.0 Å². The van der Waals surface area contributed by atoms with Gasteiger partial charge < -0.3 is 10.2 Å². The summed E-state index contributed by atoms with van der Waals surface area (Å²) in [7, 11) is -3.42. The molecular weight excluding hydrogens is 371 g/mol. The smallest absolute Gasteiger partial charge is 0.235 e. The second kappa shape index (κ2) is 8.77. The van der Waals surface area contributed by atoms with Crippen LogP contribution in [0.4, 0.5) is 10.1 Å². The monoisotopic (exact) mass is 394 g/mol. The van der Waals surface area contributed by atoms with Crippen molar-refractivity contribution < 1.29 is 17.6 Å². The Bertz CT molecular complexity index is 702. The molecule has 1 amide bonds. The predicted molar refractivity (Wildman–Crippen MR) is 96.8 cm³/mol. The molecular formula is C15H24ClFN4O3S. The Kier molecular flexibility index (Phi) is 7.58. The van der Waals surface area contributed by atoms with Gasteiger partial charge in [-0.15, -0.1) is 12.4 Å². The molecule has 0 unspecified atom stereocenters. The summed E-state index contributed by atoms with van der Waals surface area (Å²) in [6.45, 7) is 4.87. The number of halogens is 2. The van der Waals surface area contributed by atoms with Crippen molar-refractivity contribution in [1.29, 1.82) is 0 Å². The Balaban J connectivity index is 0.00000312. The summed E-state index contributed by atoms with van der Waals surface area (Å²) in [4.78, 5) is 17.6. The van der Waals surface area contributed by atoms with Gasteiger partial charge in [0.05, 0.1) is 30.7 Å². The maximum atomic E-state index is 13.9. The molecule has 0 spiro atoms. The SMILES string of the molecule is CC(C)[C@H]1CN(c2ccncc2F)C[C@@H]1NC(=O)CNS(C)(=O)=O.Cl. The van der Waals surface area contributed by atoms with Gasteiger partial charge in [-0.25, -0.2) is 17.5 Å². The lowest BCUT2D eigenvalue weighted by atomic mass is 9.91. The van der Waals surface area contributed by atoms with Gasteiger partial charge in [-0.3, -0.25) is 9.78 Å². The van der Waals surface area contributed by atoms with E-state index in [1.807, 2.05) is 18.7 Å². The van der Waals surface area contributed by atoms with Crippen LogP contribution in [0.15, 0.2) is 18.5 Å². The Hall–Kier alpha value is -1.45. The van der Waals surface area contributed by atoms with E-state index in [0.717, 1.165) is 6.26 Å². The van der Waals surface area contributed by atoms with Gasteiger partial charge in [0.1, 0.15) is 0 Å². The van der Waals surface area contributed by atoms with Crippen LogP contribution in [0.2, 0.25) is 0 Å². The van der Waals surface area contributed by atoms with Crippen LogP contribution in [-0.2, 0) is 14.8 Å². The number of pyridine rings is 1. The van der Waals surface area contributed by atoms with Crippen molar-refractivity contribution in [2.45, 2.75) is 19.9 Å². The minimum absolute atomic E-state index is 0. The average Bonchev–Trinajstić information content (AvgIpc) is 2.89. The summed E-state index contributed by atoms with van der Waals surface area (Å²) in [6.07, 6.45) is 3.70. The molecule has 0 radical (unpaired) electrons. The first-order valence-electron chi connectivity index (χ1n) is 7.76. The van der Waals surface area contributed by atoms with Crippen molar-refractivity contribution in [3.63, 3.8) is 0 Å². The Morgan fingerprint density at radius 3 is 2.68 bits per heavy atom. The Morgan fingerprint density at radius 1 is 1.44 bits per heavy atom. The molecule has 2 N–H and O–H groups in total. The summed E-state index contributed by atoms with van der Waals surface area (Å²) in [5.41, 5.74) is 0.460. The molecule has 25 heavy (non-hydrogen) atoms. The fourth-order valence-electron chi connectivity index (χ4n) is 2.93. The molecule has 10 heteroatoms. The topological polar surface area (TPSA) is 91.4 Å². The molecule has 1 fully saturated rings. The molecule has 0 aliphatic carbocycles. The van der Waals surface area contributed by atoms with E-state index < -0.39 is 21.7 Å². The molecule has 7 nitrogen and oxygen atoms in total. The molecule has 1 aliphatic rings. The number of nitrogens with one attached hydrogen (secondary N) is 2. The van der Waals surface area contributed by atoms with E-state index in [0.29, 0.717) is 18.8 Å². The number of hydrogen-bond donors (Lipinski definition) is 2. The van der Waals surface area contributed by atoms with Gasteiger partial charge in [0.25, 0.3) is 0 Å². The highest BCUT2D eigenvalue weighted by atomic mass is 35.5. The summed E-state index contributed by atoms with van der Waals surface area (Å²) in [6, 6.07) is 1.44. The van der Waals surface area contributed by atoms with E-state index in [-0.39, 0.29) is 36.8 Å². The summed E-state index contributed by atoms with van der Waals surface area (Å²) >= 11 is 0. The number of carbonyl (C=O) groups excluding carboxylic acids is 1. The highest BCUT2D eigenvalue weighted by Gasteiger charge is 2.36. The average molecular weight is 395 g/mol. The van der Waals surface area contributed by atoms with Crippen LogP contribution in [0.5, 0.6) is 0 Å². The zero-order chi connectivity index (χ0) is 17.9. The van der Waals surface area contributed by atoms with Crippen LogP contribution >= 0.6 is 12.4 Å². The van der Waals surface area contributed by atoms with E-state index in [2.05, 4.69) is 15.0 Å². The molecule has 142 valence electrons. The Morgan fingerprint density at radius 2 is 2.12 bits per heavy atom. The van der Waals surface area contributed by atoms with Gasteiger partial charge in [-0.1, -0.05) is 13.8 Å². The number of nitrogens with zero attached hydrogens (tertiary/aromatic N) is 2. The van der Waals surface area contributed by atoms with Gasteiger partial charge in [0, 0.05) is 25.2 Å². The van der Waals surface area contributed by atoms with Gasteiger partial charge in [-0.05, 0) is 12.0 Å². The first kappa shape index (κ1) is 21.6. The molecule has 0 bridgehead atoms. The van der Waals surface area contributed by atoms with E-state index in [9.17, 15) is 17.6 Å². The maximum absolute atomic E-state index is 13.9. The van der Waals surface area contributed by atoms with Crippen LogP contribution in [0.3, 0.4) is 0 Å². The minimum atomic E-state index is -3.42. The molecule has 2 heterocycles. The normalized spacial score (nSPS) is 20.4. The van der Waals surface area contributed by atoms with Gasteiger partial charge >= 0.3 is 0 Å². The van der Waals surface area contributed by atoms with Crippen LogP contribution in [0.1, 0.15) is 13.8 Å². The quantitative estimate of drug-likeness (QED) is 0.743. The first-order valence-corrected chi connectivity index (χ1v) is 9.65. The lowest BCUT2D eigenvalue weighted by molar-refractivity contribution is -0.120. The fraction of sp³-hybridized carbons (Fsp3) is 0.600. The summed E-state index contributed by atoms with van der Waals surface area (Å²) < 4.78 is 38.3. The van der Waals surface area contributed by atoms with Crippen molar-refractivity contribution in [1.82, 2.24) is 15.0 Å². The van der Waals surface area contributed by atoms with Crippen LogP contribution in [0.25, 0.3) is 0 Å². The van der Waals surface area contributed by atoms with Gasteiger partial charge in [0.2, 0.25) is 15.9 Å². The minimum Gasteiger partial charge on any atom is -0.367 e. The summed E-state index contributed by atoms with van der Waals surface area (Å²) in [5.74, 6) is -0.369. The predicted octanol–water partition coefficient (Wildman–Crippen LogP) is 0.769. The maximum Gasteiger partial charge on any atom is 0.235 e. The standard InChI is InChI=1S/C15H23FN4O3S.ClH/c1-10(2)11-8-20(14-4-5-17-6-12(14)16)9-13(11)19-15(21)7-18-24(3,22)23;/h4-6,10-11,13,18H,7-9H2,1-3H3,(H,19,21);1H/t11-,13+;/m1./s1. The zero-order valence-corrected chi connectivity index (χ0v) is 16.0. The number of rotatable bonds is 6. The number of sulfonamides is 1. The number of amides is 1. The number of carbonyl (C=O) groups is 1. The van der Waals surface area contributed by atoms with E-state index in [1.54, 1.807) is 6.07 Å². The third kappa shape index (κ3) is 6.09. The van der Waals surface area contributed by atoms with Crippen molar-refractivity contribution in [2.75, 3.05) is 30.8 Å². The van der Waals surface area contributed by atoms with E-state index in [1.165, 1.54) is 12.4 Å². The van der Waals surface area contributed by atoms with Crippen molar-refractivity contribution in [2.24, 2.45) is 11.8 Å².